The van der Waals surface area contributed by atoms with Gasteiger partial charge in [-0.2, -0.15) is 0 Å². The molecule has 0 saturated heterocycles. The van der Waals surface area contributed by atoms with Gasteiger partial charge in [-0.15, -0.1) is 0 Å². The first kappa shape index (κ1) is 12.3. The van der Waals surface area contributed by atoms with Crippen LogP contribution in [0.25, 0.3) is 11.3 Å². The number of hydrogen-bond donors (Lipinski definition) is 3. The maximum Gasteiger partial charge on any atom is 0.320 e. The maximum atomic E-state index is 13.5. The van der Waals surface area contributed by atoms with E-state index in [4.69, 9.17) is 10.8 Å². The Labute approximate surface area is 102 Å². The lowest BCUT2D eigenvalue weighted by Gasteiger charge is -2.03. The fourth-order valence-electron chi connectivity index (χ4n) is 1.58. The third-order valence-electron chi connectivity index (χ3n) is 2.52. The number of nitrogens with zero attached hydrogens (tertiary/aromatic N) is 1. The Kier molecular flexibility index (Phi) is 3.38. The summed E-state index contributed by atoms with van der Waals surface area (Å²) in [7, 11) is 0. The van der Waals surface area contributed by atoms with E-state index in [0.29, 0.717) is 17.1 Å². The standard InChI is InChI=1S/C12H12FN3O2/c13-8-4-2-1-3-7(8)10-6-15-11(16-10)5-9(14)12(17)18/h1-4,6,9H,5,14H2,(H,15,16)(H,17,18). The smallest absolute Gasteiger partial charge is 0.320 e. The fraction of sp³-hybridized carbons (Fsp3) is 0.167. The molecule has 0 aliphatic heterocycles. The molecule has 0 radical (unpaired) electrons. The number of carbonyl (C=O) groups is 1. The summed E-state index contributed by atoms with van der Waals surface area (Å²) in [6, 6.07) is 5.24. The molecule has 0 amide bonds. The van der Waals surface area contributed by atoms with Crippen molar-refractivity contribution in [3.63, 3.8) is 0 Å². The summed E-state index contributed by atoms with van der Waals surface area (Å²) in [4.78, 5) is 17.5. The van der Waals surface area contributed by atoms with Gasteiger partial charge in [-0.05, 0) is 12.1 Å². The van der Waals surface area contributed by atoms with Crippen LogP contribution in [0.3, 0.4) is 0 Å². The van der Waals surface area contributed by atoms with Crippen LogP contribution in [-0.2, 0) is 11.2 Å². The molecule has 1 heterocycles. The van der Waals surface area contributed by atoms with E-state index in [2.05, 4.69) is 9.97 Å². The molecule has 5 nitrogen and oxygen atoms in total. The van der Waals surface area contributed by atoms with Crippen molar-refractivity contribution >= 4 is 5.97 Å². The van der Waals surface area contributed by atoms with Crippen molar-refractivity contribution in [2.45, 2.75) is 12.5 Å². The highest BCUT2D eigenvalue weighted by atomic mass is 19.1. The fourth-order valence-corrected chi connectivity index (χ4v) is 1.58. The molecule has 1 atom stereocenters. The first-order valence-corrected chi connectivity index (χ1v) is 5.35. The second-order valence-corrected chi connectivity index (χ2v) is 3.87. The number of nitrogens with two attached hydrogens (primary N) is 1. The van der Waals surface area contributed by atoms with Crippen molar-refractivity contribution in [3.05, 3.63) is 42.1 Å². The van der Waals surface area contributed by atoms with Crippen molar-refractivity contribution in [1.82, 2.24) is 9.97 Å². The minimum Gasteiger partial charge on any atom is -0.480 e. The first-order valence-electron chi connectivity index (χ1n) is 5.35. The van der Waals surface area contributed by atoms with Gasteiger partial charge in [0.25, 0.3) is 0 Å². The zero-order chi connectivity index (χ0) is 13.1. The number of aromatic amines is 1. The van der Waals surface area contributed by atoms with E-state index in [1.165, 1.54) is 12.3 Å². The Hall–Kier alpha value is -2.21. The number of carboxylic acids is 1. The van der Waals surface area contributed by atoms with E-state index in [1.54, 1.807) is 18.2 Å². The highest BCUT2D eigenvalue weighted by molar-refractivity contribution is 5.73. The summed E-state index contributed by atoms with van der Waals surface area (Å²) >= 11 is 0. The number of benzene rings is 1. The molecule has 0 fully saturated rings. The summed E-state index contributed by atoms with van der Waals surface area (Å²) in [6.45, 7) is 0. The second-order valence-electron chi connectivity index (χ2n) is 3.87. The molecule has 0 saturated carbocycles. The van der Waals surface area contributed by atoms with Gasteiger partial charge in [0, 0.05) is 12.0 Å². The lowest BCUT2D eigenvalue weighted by Crippen LogP contribution is -2.32. The highest BCUT2D eigenvalue weighted by Gasteiger charge is 2.15. The maximum absolute atomic E-state index is 13.5. The van der Waals surface area contributed by atoms with Gasteiger partial charge in [0.05, 0.1) is 11.9 Å². The van der Waals surface area contributed by atoms with E-state index in [-0.39, 0.29) is 12.2 Å². The molecule has 6 heteroatoms. The molecule has 0 aliphatic rings. The van der Waals surface area contributed by atoms with Crippen LogP contribution in [0.15, 0.2) is 30.5 Å². The number of imidazole rings is 1. The summed E-state index contributed by atoms with van der Waals surface area (Å²) in [5.74, 6) is -1.04. The number of carboxylic acid groups (broad SMARTS) is 1. The Bertz CT molecular complexity index is 568. The third kappa shape index (κ3) is 2.54. The average molecular weight is 249 g/mol. The van der Waals surface area contributed by atoms with Crippen LogP contribution >= 0.6 is 0 Å². The number of aliphatic carboxylic acids is 1. The Morgan fingerprint density at radius 3 is 2.89 bits per heavy atom. The first-order chi connectivity index (χ1) is 8.58. The van der Waals surface area contributed by atoms with Crippen molar-refractivity contribution in [3.8, 4) is 11.3 Å². The van der Waals surface area contributed by atoms with E-state index < -0.39 is 12.0 Å². The van der Waals surface area contributed by atoms with Gasteiger partial charge in [-0.3, -0.25) is 4.79 Å². The van der Waals surface area contributed by atoms with Gasteiger partial charge in [-0.1, -0.05) is 12.1 Å². The number of nitrogens with one attached hydrogen (secondary N) is 1. The molecular formula is C12H12FN3O2. The van der Waals surface area contributed by atoms with Gasteiger partial charge >= 0.3 is 5.97 Å². The van der Waals surface area contributed by atoms with E-state index in [1.807, 2.05) is 0 Å². The molecule has 0 aliphatic carbocycles. The van der Waals surface area contributed by atoms with Gasteiger partial charge in [0.2, 0.25) is 0 Å². The average Bonchev–Trinajstić information content (AvgIpc) is 2.77. The minimum absolute atomic E-state index is 0.0732. The van der Waals surface area contributed by atoms with E-state index in [9.17, 15) is 9.18 Å². The summed E-state index contributed by atoms with van der Waals surface area (Å²) < 4.78 is 13.5. The summed E-state index contributed by atoms with van der Waals surface area (Å²) in [5.41, 5.74) is 6.28. The van der Waals surface area contributed by atoms with Gasteiger partial charge in [0.1, 0.15) is 17.7 Å². The largest absolute Gasteiger partial charge is 0.480 e. The third-order valence-corrected chi connectivity index (χ3v) is 2.52. The van der Waals surface area contributed by atoms with Crippen LogP contribution in [0.1, 0.15) is 5.82 Å². The molecule has 2 aromatic rings. The molecule has 2 rings (SSSR count). The van der Waals surface area contributed by atoms with Crippen molar-refractivity contribution in [2.75, 3.05) is 0 Å². The van der Waals surface area contributed by atoms with Crippen molar-refractivity contribution < 1.29 is 14.3 Å². The van der Waals surface area contributed by atoms with Crippen LogP contribution in [0.2, 0.25) is 0 Å². The van der Waals surface area contributed by atoms with Gasteiger partial charge in [-0.25, -0.2) is 9.37 Å². The lowest BCUT2D eigenvalue weighted by atomic mass is 10.1. The molecule has 0 bridgehead atoms. The lowest BCUT2D eigenvalue weighted by molar-refractivity contribution is -0.138. The monoisotopic (exact) mass is 249 g/mol. The van der Waals surface area contributed by atoms with Crippen LogP contribution in [-0.4, -0.2) is 27.1 Å². The van der Waals surface area contributed by atoms with Crippen LogP contribution < -0.4 is 5.73 Å². The molecule has 18 heavy (non-hydrogen) atoms. The number of hydrogen-bond acceptors (Lipinski definition) is 3. The number of rotatable bonds is 4. The number of halogens is 1. The second kappa shape index (κ2) is 4.97. The van der Waals surface area contributed by atoms with Gasteiger partial charge < -0.3 is 15.8 Å². The highest BCUT2D eigenvalue weighted by Crippen LogP contribution is 2.20. The molecule has 1 unspecified atom stereocenters. The van der Waals surface area contributed by atoms with E-state index in [0.717, 1.165) is 0 Å². The SMILES string of the molecule is NC(Cc1ncc(-c2ccccc2F)[nH]1)C(=O)O. The van der Waals surface area contributed by atoms with Crippen LogP contribution in [0.5, 0.6) is 0 Å². The van der Waals surface area contributed by atoms with Crippen molar-refractivity contribution in [2.24, 2.45) is 5.73 Å². The van der Waals surface area contributed by atoms with Gasteiger partial charge in [0.15, 0.2) is 0 Å². The zero-order valence-electron chi connectivity index (χ0n) is 9.43. The molecule has 94 valence electrons. The zero-order valence-corrected chi connectivity index (χ0v) is 9.43. The predicted molar refractivity (Wildman–Crippen MR) is 63.3 cm³/mol. The number of aromatic nitrogens is 2. The molecule has 0 spiro atoms. The normalized spacial score (nSPS) is 12.3. The van der Waals surface area contributed by atoms with Crippen LogP contribution in [0, 0.1) is 5.82 Å². The molecule has 4 N–H and O–H groups in total. The molecular weight excluding hydrogens is 237 g/mol. The van der Waals surface area contributed by atoms with Crippen molar-refractivity contribution in [1.29, 1.82) is 0 Å². The van der Waals surface area contributed by atoms with E-state index >= 15 is 0 Å². The summed E-state index contributed by atoms with van der Waals surface area (Å²) in [6.07, 6.45) is 1.53. The Morgan fingerprint density at radius 2 is 2.22 bits per heavy atom. The quantitative estimate of drug-likeness (QED) is 0.758. The molecule has 1 aromatic carbocycles. The Morgan fingerprint density at radius 1 is 1.50 bits per heavy atom. The predicted octanol–water partition coefficient (Wildman–Crippen LogP) is 1.17. The minimum atomic E-state index is -1.10. The topological polar surface area (TPSA) is 92.0 Å². The molecule has 1 aromatic heterocycles. The summed E-state index contributed by atoms with van der Waals surface area (Å²) in [5, 5.41) is 8.68. The Balaban J connectivity index is 2.21. The number of H-pyrrole nitrogens is 1. The van der Waals surface area contributed by atoms with Crippen LogP contribution in [0.4, 0.5) is 4.39 Å².